The van der Waals surface area contributed by atoms with E-state index in [1.165, 1.54) is 5.56 Å². The molecule has 0 bridgehead atoms. The molecule has 2 aromatic carbocycles. The fourth-order valence-corrected chi connectivity index (χ4v) is 3.12. The van der Waals surface area contributed by atoms with Crippen molar-refractivity contribution in [1.29, 1.82) is 0 Å². The van der Waals surface area contributed by atoms with Crippen LogP contribution in [0.15, 0.2) is 53.6 Å². The summed E-state index contributed by atoms with van der Waals surface area (Å²) < 4.78 is 0. The van der Waals surface area contributed by atoms with E-state index in [-0.39, 0.29) is 12.4 Å². The summed E-state index contributed by atoms with van der Waals surface area (Å²) in [6.45, 7) is 4.82. The fraction of sp³-hybridized carbons (Fsp3) is 0.278. The van der Waals surface area contributed by atoms with E-state index in [1.807, 2.05) is 18.2 Å². The van der Waals surface area contributed by atoms with Crippen LogP contribution in [0.1, 0.15) is 11.1 Å². The van der Waals surface area contributed by atoms with Crippen molar-refractivity contribution >= 4 is 41.8 Å². The first-order valence-corrected chi connectivity index (χ1v) is 8.47. The number of piperazine rings is 1. The lowest BCUT2D eigenvalue weighted by Crippen LogP contribution is -2.43. The summed E-state index contributed by atoms with van der Waals surface area (Å²) in [5.74, 6) is 0. The van der Waals surface area contributed by atoms with Crippen molar-refractivity contribution in [2.75, 3.05) is 26.2 Å². The van der Waals surface area contributed by atoms with Gasteiger partial charge in [0.25, 0.3) is 0 Å². The summed E-state index contributed by atoms with van der Waals surface area (Å²) in [5.41, 5.74) is 2.13. The van der Waals surface area contributed by atoms with Crippen LogP contribution in [0.5, 0.6) is 0 Å². The van der Waals surface area contributed by atoms with Crippen molar-refractivity contribution in [3.63, 3.8) is 0 Å². The minimum absolute atomic E-state index is 0. The molecule has 0 aromatic heterocycles. The first-order chi connectivity index (χ1) is 11.2. The van der Waals surface area contributed by atoms with Crippen molar-refractivity contribution in [3.8, 4) is 0 Å². The molecule has 2 aromatic rings. The third kappa shape index (κ3) is 5.12. The predicted octanol–water partition coefficient (Wildman–Crippen LogP) is 4.57. The second-order valence-electron chi connectivity index (χ2n) is 5.60. The summed E-state index contributed by atoms with van der Waals surface area (Å²) in [6.07, 6.45) is 1.76. The van der Waals surface area contributed by atoms with Gasteiger partial charge in [-0.1, -0.05) is 59.6 Å². The van der Waals surface area contributed by atoms with E-state index >= 15 is 0 Å². The summed E-state index contributed by atoms with van der Waals surface area (Å²) >= 11 is 12.3. The quantitative estimate of drug-likeness (QED) is 0.719. The van der Waals surface area contributed by atoms with Crippen LogP contribution in [0.3, 0.4) is 0 Å². The van der Waals surface area contributed by atoms with Gasteiger partial charge in [0.2, 0.25) is 0 Å². The molecule has 0 aliphatic carbocycles. The van der Waals surface area contributed by atoms with Gasteiger partial charge in [-0.3, -0.25) is 9.91 Å². The second kappa shape index (κ2) is 9.28. The molecular formula is C18H20Cl3N3. The highest BCUT2D eigenvalue weighted by atomic mass is 35.5. The van der Waals surface area contributed by atoms with Crippen LogP contribution in [-0.4, -0.2) is 42.3 Å². The minimum atomic E-state index is 0. The van der Waals surface area contributed by atoms with Gasteiger partial charge in [-0.05, 0) is 17.7 Å². The number of rotatable bonds is 4. The molecule has 0 saturated carbocycles. The molecule has 0 radical (unpaired) electrons. The average molecular weight is 385 g/mol. The Balaban J connectivity index is 0.00000208. The van der Waals surface area contributed by atoms with Gasteiger partial charge < -0.3 is 0 Å². The minimum Gasteiger partial charge on any atom is -0.295 e. The van der Waals surface area contributed by atoms with Crippen LogP contribution in [0.2, 0.25) is 10.0 Å². The molecule has 0 N–H and O–H groups in total. The zero-order chi connectivity index (χ0) is 16.1. The number of halogens is 3. The smallest absolute Gasteiger partial charge is 0.0572 e. The highest BCUT2D eigenvalue weighted by Crippen LogP contribution is 2.22. The molecule has 1 saturated heterocycles. The Labute approximate surface area is 159 Å². The predicted molar refractivity (Wildman–Crippen MR) is 105 cm³/mol. The van der Waals surface area contributed by atoms with Crippen molar-refractivity contribution in [1.82, 2.24) is 9.91 Å². The van der Waals surface area contributed by atoms with E-state index in [2.05, 4.69) is 45.3 Å². The van der Waals surface area contributed by atoms with Crippen LogP contribution in [0.4, 0.5) is 0 Å². The standard InChI is InChI=1S/C18H19Cl2N3.ClH/c19-17-7-4-8-18(20)16(17)13-21-23-11-9-22(10-12-23)14-15-5-2-1-3-6-15;/h1-8,13H,9-12,14H2;1H/b21-13+;. The number of hydrazone groups is 1. The molecule has 6 heteroatoms. The monoisotopic (exact) mass is 383 g/mol. The van der Waals surface area contributed by atoms with Crippen LogP contribution >= 0.6 is 35.6 Å². The Kier molecular flexibility index (Phi) is 7.38. The molecule has 3 nitrogen and oxygen atoms in total. The molecule has 128 valence electrons. The van der Waals surface area contributed by atoms with Crippen LogP contribution < -0.4 is 0 Å². The lowest BCUT2D eigenvalue weighted by molar-refractivity contribution is 0.131. The first kappa shape index (κ1) is 19.1. The maximum Gasteiger partial charge on any atom is 0.0572 e. The SMILES string of the molecule is Cl.Clc1cccc(Cl)c1/C=N/N1CCN(Cc2ccccc2)CC1. The van der Waals surface area contributed by atoms with Gasteiger partial charge in [-0.25, -0.2) is 0 Å². The fourth-order valence-electron chi connectivity index (χ4n) is 2.63. The molecule has 1 heterocycles. The average Bonchev–Trinajstić information content (AvgIpc) is 2.57. The Morgan fingerprint density at radius 3 is 2.12 bits per heavy atom. The number of nitrogens with zero attached hydrogens (tertiary/aromatic N) is 3. The summed E-state index contributed by atoms with van der Waals surface area (Å²) in [7, 11) is 0. The second-order valence-corrected chi connectivity index (χ2v) is 6.41. The van der Waals surface area contributed by atoms with E-state index in [0.29, 0.717) is 10.0 Å². The highest BCUT2D eigenvalue weighted by molar-refractivity contribution is 6.38. The van der Waals surface area contributed by atoms with Gasteiger partial charge in [0.15, 0.2) is 0 Å². The van der Waals surface area contributed by atoms with Gasteiger partial charge in [-0.2, -0.15) is 5.10 Å². The molecule has 0 amide bonds. The third-order valence-electron chi connectivity index (χ3n) is 3.95. The van der Waals surface area contributed by atoms with Gasteiger partial charge in [0.05, 0.1) is 16.3 Å². The van der Waals surface area contributed by atoms with Crippen LogP contribution in [0.25, 0.3) is 0 Å². The molecule has 0 unspecified atom stereocenters. The van der Waals surface area contributed by atoms with E-state index < -0.39 is 0 Å². The molecule has 0 spiro atoms. The zero-order valence-electron chi connectivity index (χ0n) is 13.2. The van der Waals surface area contributed by atoms with Crippen LogP contribution in [0, 0.1) is 0 Å². The van der Waals surface area contributed by atoms with Crippen molar-refractivity contribution in [2.24, 2.45) is 5.10 Å². The summed E-state index contributed by atoms with van der Waals surface area (Å²) in [4.78, 5) is 2.45. The molecule has 24 heavy (non-hydrogen) atoms. The maximum atomic E-state index is 6.16. The van der Waals surface area contributed by atoms with Crippen molar-refractivity contribution in [3.05, 3.63) is 69.7 Å². The first-order valence-electron chi connectivity index (χ1n) is 7.71. The largest absolute Gasteiger partial charge is 0.295 e. The van der Waals surface area contributed by atoms with E-state index in [1.54, 1.807) is 6.21 Å². The molecule has 1 fully saturated rings. The zero-order valence-corrected chi connectivity index (χ0v) is 15.6. The Morgan fingerprint density at radius 1 is 0.875 bits per heavy atom. The Bertz CT molecular complexity index is 648. The van der Waals surface area contributed by atoms with Gasteiger partial charge in [0.1, 0.15) is 0 Å². The molecule has 1 aliphatic heterocycles. The molecule has 0 atom stereocenters. The van der Waals surface area contributed by atoms with E-state index in [9.17, 15) is 0 Å². The topological polar surface area (TPSA) is 18.8 Å². The summed E-state index contributed by atoms with van der Waals surface area (Å²) in [6, 6.07) is 16.1. The summed E-state index contributed by atoms with van der Waals surface area (Å²) in [5, 5.41) is 7.86. The maximum absolute atomic E-state index is 6.16. The Hall–Kier alpha value is -1.26. The number of hydrogen-bond acceptors (Lipinski definition) is 3. The van der Waals surface area contributed by atoms with Gasteiger partial charge in [0, 0.05) is 38.3 Å². The highest BCUT2D eigenvalue weighted by Gasteiger charge is 2.15. The lowest BCUT2D eigenvalue weighted by atomic mass is 10.2. The van der Waals surface area contributed by atoms with Crippen LogP contribution in [-0.2, 0) is 6.54 Å². The normalized spacial score (nSPS) is 15.5. The third-order valence-corrected chi connectivity index (χ3v) is 4.61. The molecule has 3 rings (SSSR count). The molecule has 1 aliphatic rings. The lowest BCUT2D eigenvalue weighted by Gasteiger charge is -2.33. The van der Waals surface area contributed by atoms with Crippen molar-refractivity contribution < 1.29 is 0 Å². The molecular weight excluding hydrogens is 365 g/mol. The van der Waals surface area contributed by atoms with E-state index in [0.717, 1.165) is 38.3 Å². The van der Waals surface area contributed by atoms with Crippen molar-refractivity contribution in [2.45, 2.75) is 6.54 Å². The van der Waals surface area contributed by atoms with Gasteiger partial charge >= 0.3 is 0 Å². The number of benzene rings is 2. The Morgan fingerprint density at radius 2 is 1.50 bits per heavy atom. The number of hydrogen-bond donors (Lipinski definition) is 0. The van der Waals surface area contributed by atoms with Gasteiger partial charge in [-0.15, -0.1) is 12.4 Å². The van der Waals surface area contributed by atoms with E-state index in [4.69, 9.17) is 23.2 Å².